The van der Waals surface area contributed by atoms with Crippen LogP contribution >= 0.6 is 31.9 Å². The van der Waals surface area contributed by atoms with E-state index in [2.05, 4.69) is 43.9 Å². The van der Waals surface area contributed by atoms with E-state index in [9.17, 15) is 4.79 Å². The molecule has 0 aliphatic heterocycles. The fraction of sp³-hybridized carbons (Fsp3) is 0.348. The number of aryl methyl sites for hydroxylation is 1. The van der Waals surface area contributed by atoms with Gasteiger partial charge < -0.3 is 9.47 Å². The number of halogens is 2. The van der Waals surface area contributed by atoms with Crippen LogP contribution in [0.2, 0.25) is 0 Å². The third kappa shape index (κ3) is 5.54. The highest BCUT2D eigenvalue weighted by atomic mass is 79.9. The third-order valence-corrected chi connectivity index (χ3v) is 5.78. The number of nitrogens with zero attached hydrogens (tertiary/aromatic N) is 3. The number of unbranched alkanes of at least 4 members (excludes halogenated alkanes) is 1. The predicted octanol–water partition coefficient (Wildman–Crippen LogP) is 5.94. The van der Waals surface area contributed by atoms with E-state index in [1.165, 1.54) is 4.68 Å². The van der Waals surface area contributed by atoms with Gasteiger partial charge in [-0.25, -0.2) is 4.98 Å². The molecule has 1 heterocycles. The van der Waals surface area contributed by atoms with E-state index in [0.717, 1.165) is 27.4 Å². The van der Waals surface area contributed by atoms with Crippen LogP contribution in [0.4, 0.5) is 0 Å². The first-order valence-corrected chi connectivity index (χ1v) is 11.9. The van der Waals surface area contributed by atoms with Gasteiger partial charge in [-0.05, 0) is 66.5 Å². The molecule has 2 aromatic carbocycles. The predicted molar refractivity (Wildman–Crippen MR) is 132 cm³/mol. The molecule has 0 fully saturated rings. The standard InChI is InChI=1S/C23H25Br2N3O3/c1-4-7-8-22-27-19-10-9-16(24)12-17(19)23(29)28(22)26-14-15-11-20(30-5-2)21(31-6-3)13-18(15)25/h9-14H,4-8H2,1-3H3. The molecule has 0 aliphatic carbocycles. The first kappa shape index (κ1) is 23.5. The van der Waals surface area contributed by atoms with E-state index in [4.69, 9.17) is 14.5 Å². The summed E-state index contributed by atoms with van der Waals surface area (Å²) < 4.78 is 14.4. The molecular formula is C23H25Br2N3O3. The van der Waals surface area contributed by atoms with Crippen molar-refractivity contribution in [3.63, 3.8) is 0 Å². The van der Waals surface area contributed by atoms with Crippen LogP contribution in [0.5, 0.6) is 11.5 Å². The van der Waals surface area contributed by atoms with Crippen molar-refractivity contribution in [2.24, 2.45) is 5.10 Å². The topological polar surface area (TPSA) is 65.7 Å². The molecule has 3 rings (SSSR count). The number of aromatic nitrogens is 2. The Morgan fingerprint density at radius 3 is 2.45 bits per heavy atom. The smallest absolute Gasteiger partial charge is 0.282 e. The van der Waals surface area contributed by atoms with Crippen molar-refractivity contribution in [1.82, 2.24) is 9.66 Å². The lowest BCUT2D eigenvalue weighted by Crippen LogP contribution is -2.22. The summed E-state index contributed by atoms with van der Waals surface area (Å²) in [6, 6.07) is 9.22. The monoisotopic (exact) mass is 549 g/mol. The van der Waals surface area contributed by atoms with Gasteiger partial charge in [0.25, 0.3) is 5.56 Å². The Morgan fingerprint density at radius 2 is 1.77 bits per heavy atom. The van der Waals surface area contributed by atoms with Crippen molar-refractivity contribution in [2.75, 3.05) is 13.2 Å². The molecule has 0 aliphatic rings. The summed E-state index contributed by atoms with van der Waals surface area (Å²) in [4.78, 5) is 17.9. The number of ether oxygens (including phenoxy) is 2. The average Bonchev–Trinajstić information content (AvgIpc) is 2.75. The highest BCUT2D eigenvalue weighted by Gasteiger charge is 2.13. The molecule has 164 valence electrons. The minimum atomic E-state index is -0.194. The lowest BCUT2D eigenvalue weighted by Gasteiger charge is -2.13. The summed E-state index contributed by atoms with van der Waals surface area (Å²) in [7, 11) is 0. The number of hydrogen-bond donors (Lipinski definition) is 0. The van der Waals surface area contributed by atoms with Gasteiger partial charge >= 0.3 is 0 Å². The van der Waals surface area contributed by atoms with Crippen LogP contribution < -0.4 is 15.0 Å². The zero-order valence-corrected chi connectivity index (χ0v) is 21.0. The van der Waals surface area contributed by atoms with Gasteiger partial charge in [0.2, 0.25) is 0 Å². The zero-order chi connectivity index (χ0) is 22.4. The van der Waals surface area contributed by atoms with E-state index in [1.54, 1.807) is 12.3 Å². The molecule has 1 aromatic heterocycles. The highest BCUT2D eigenvalue weighted by Crippen LogP contribution is 2.33. The second kappa shape index (κ2) is 10.9. The van der Waals surface area contributed by atoms with E-state index in [-0.39, 0.29) is 5.56 Å². The molecule has 0 N–H and O–H groups in total. The summed E-state index contributed by atoms with van der Waals surface area (Å²) in [6.45, 7) is 7.01. The van der Waals surface area contributed by atoms with Gasteiger partial charge in [0.15, 0.2) is 11.5 Å². The maximum Gasteiger partial charge on any atom is 0.282 e. The largest absolute Gasteiger partial charge is 0.490 e. The number of benzene rings is 2. The highest BCUT2D eigenvalue weighted by molar-refractivity contribution is 9.10. The Bertz CT molecular complexity index is 1160. The Hall–Kier alpha value is -2.19. The molecule has 0 bridgehead atoms. The maximum absolute atomic E-state index is 13.2. The molecule has 0 amide bonds. The molecule has 0 atom stereocenters. The van der Waals surface area contributed by atoms with Crippen LogP contribution in [0.15, 0.2) is 49.2 Å². The van der Waals surface area contributed by atoms with Crippen molar-refractivity contribution >= 4 is 49.0 Å². The van der Waals surface area contributed by atoms with Gasteiger partial charge in [-0.3, -0.25) is 4.79 Å². The van der Waals surface area contributed by atoms with Gasteiger partial charge in [0.05, 0.1) is 30.3 Å². The Balaban J connectivity index is 2.10. The molecule has 0 unspecified atom stereocenters. The molecule has 6 nitrogen and oxygen atoms in total. The lowest BCUT2D eigenvalue weighted by molar-refractivity contribution is 0.287. The van der Waals surface area contributed by atoms with Gasteiger partial charge in [0.1, 0.15) is 5.82 Å². The fourth-order valence-corrected chi connectivity index (χ4v) is 3.90. The number of rotatable bonds is 9. The second-order valence-corrected chi connectivity index (χ2v) is 8.61. The lowest BCUT2D eigenvalue weighted by atomic mass is 10.2. The van der Waals surface area contributed by atoms with Crippen LogP contribution in [0.3, 0.4) is 0 Å². The van der Waals surface area contributed by atoms with Crippen LogP contribution in [0.25, 0.3) is 10.9 Å². The Morgan fingerprint density at radius 1 is 1.06 bits per heavy atom. The van der Waals surface area contributed by atoms with Crippen LogP contribution in [-0.4, -0.2) is 29.1 Å². The average molecular weight is 551 g/mol. The normalized spacial score (nSPS) is 11.4. The summed E-state index contributed by atoms with van der Waals surface area (Å²) in [6.07, 6.45) is 4.24. The van der Waals surface area contributed by atoms with Crippen molar-refractivity contribution in [1.29, 1.82) is 0 Å². The summed E-state index contributed by atoms with van der Waals surface area (Å²) in [5, 5.41) is 5.04. The van der Waals surface area contributed by atoms with Gasteiger partial charge in [-0.15, -0.1) is 0 Å². The van der Waals surface area contributed by atoms with Crippen molar-refractivity contribution in [3.8, 4) is 11.5 Å². The van der Waals surface area contributed by atoms with Crippen molar-refractivity contribution < 1.29 is 9.47 Å². The molecule has 0 saturated heterocycles. The Labute approximate surface area is 198 Å². The minimum Gasteiger partial charge on any atom is -0.490 e. The van der Waals surface area contributed by atoms with Crippen LogP contribution in [-0.2, 0) is 6.42 Å². The molecule has 3 aromatic rings. The van der Waals surface area contributed by atoms with Gasteiger partial charge in [-0.2, -0.15) is 9.78 Å². The SMILES string of the molecule is CCCCc1nc2ccc(Br)cc2c(=O)n1N=Cc1cc(OCC)c(OCC)cc1Br. The third-order valence-electron chi connectivity index (χ3n) is 4.60. The van der Waals surface area contributed by atoms with Gasteiger partial charge in [0, 0.05) is 20.9 Å². The van der Waals surface area contributed by atoms with Gasteiger partial charge in [-0.1, -0.05) is 29.3 Å². The maximum atomic E-state index is 13.2. The minimum absolute atomic E-state index is 0.194. The molecule has 0 spiro atoms. The van der Waals surface area contributed by atoms with E-state index in [1.807, 2.05) is 38.1 Å². The second-order valence-electron chi connectivity index (χ2n) is 6.84. The van der Waals surface area contributed by atoms with Crippen molar-refractivity contribution in [2.45, 2.75) is 40.0 Å². The quantitative estimate of drug-likeness (QED) is 0.309. The fourth-order valence-electron chi connectivity index (χ4n) is 3.12. The van der Waals surface area contributed by atoms with Crippen LogP contribution in [0.1, 0.15) is 45.0 Å². The van der Waals surface area contributed by atoms with E-state index < -0.39 is 0 Å². The molecule has 8 heteroatoms. The zero-order valence-electron chi connectivity index (χ0n) is 17.8. The number of hydrogen-bond acceptors (Lipinski definition) is 5. The molecule has 0 saturated carbocycles. The summed E-state index contributed by atoms with van der Waals surface area (Å²) in [5.74, 6) is 1.93. The number of fused-ring (bicyclic) bond motifs is 1. The summed E-state index contributed by atoms with van der Waals surface area (Å²) >= 11 is 7.00. The van der Waals surface area contributed by atoms with E-state index in [0.29, 0.717) is 47.9 Å². The first-order valence-electron chi connectivity index (χ1n) is 10.3. The molecule has 31 heavy (non-hydrogen) atoms. The molecule has 0 radical (unpaired) electrons. The van der Waals surface area contributed by atoms with Crippen LogP contribution in [0, 0.1) is 0 Å². The van der Waals surface area contributed by atoms with Crippen molar-refractivity contribution in [3.05, 3.63) is 61.0 Å². The molecular weight excluding hydrogens is 526 g/mol. The first-order chi connectivity index (χ1) is 15.0. The Kier molecular flexibility index (Phi) is 8.26. The summed E-state index contributed by atoms with van der Waals surface area (Å²) in [5.41, 5.74) is 1.25. The van der Waals surface area contributed by atoms with E-state index >= 15 is 0 Å².